The molecule has 3 rings (SSSR count). The molecule has 2 aromatic rings. The summed E-state index contributed by atoms with van der Waals surface area (Å²) in [5.74, 6) is 0.568. The van der Waals surface area contributed by atoms with Gasteiger partial charge in [0.1, 0.15) is 11.9 Å². The zero-order chi connectivity index (χ0) is 11.0. The molecule has 0 aliphatic carbocycles. The largest absolute Gasteiger partial charge is 0.466 e. The zero-order valence-electron chi connectivity index (χ0n) is 8.72. The molecular weight excluding hydrogens is 204 g/mol. The van der Waals surface area contributed by atoms with E-state index in [0.29, 0.717) is 19.0 Å². The van der Waals surface area contributed by atoms with Crippen molar-refractivity contribution in [3.05, 3.63) is 59.0 Å². The Labute approximate surface area is 93.3 Å². The fraction of sp³-hybridized carbons (Fsp3) is 0.231. The van der Waals surface area contributed by atoms with Gasteiger partial charge in [0.2, 0.25) is 0 Å². The van der Waals surface area contributed by atoms with Crippen LogP contribution >= 0.6 is 0 Å². The first kappa shape index (κ1) is 9.63. The molecule has 3 heteroatoms. The van der Waals surface area contributed by atoms with Crippen LogP contribution in [0.15, 0.2) is 41.0 Å². The van der Waals surface area contributed by atoms with Crippen molar-refractivity contribution in [3.8, 4) is 0 Å². The molecule has 1 atom stereocenters. The van der Waals surface area contributed by atoms with E-state index in [4.69, 9.17) is 9.15 Å². The van der Waals surface area contributed by atoms with Gasteiger partial charge in [0, 0.05) is 0 Å². The number of hydrogen-bond donors (Lipinski definition) is 1. The van der Waals surface area contributed by atoms with Crippen LogP contribution in [-0.4, -0.2) is 5.11 Å². The molecule has 1 aliphatic heterocycles. The van der Waals surface area contributed by atoms with Crippen LogP contribution in [0.4, 0.5) is 0 Å². The lowest BCUT2D eigenvalue weighted by atomic mass is 10.0. The summed E-state index contributed by atoms with van der Waals surface area (Å²) in [6.45, 7) is 1.31. The molecule has 0 fully saturated rings. The van der Waals surface area contributed by atoms with Crippen LogP contribution in [0.1, 0.15) is 28.6 Å². The predicted octanol–water partition coefficient (Wildman–Crippen LogP) is 2.39. The molecule has 1 aromatic carbocycles. The maximum atomic E-state index is 10.1. The fourth-order valence-electron chi connectivity index (χ4n) is 1.97. The van der Waals surface area contributed by atoms with E-state index < -0.39 is 6.10 Å². The molecule has 0 amide bonds. The minimum atomic E-state index is -0.694. The summed E-state index contributed by atoms with van der Waals surface area (Å²) in [6, 6.07) is 9.45. The Morgan fingerprint density at radius 1 is 1.12 bits per heavy atom. The van der Waals surface area contributed by atoms with Gasteiger partial charge in [0.15, 0.2) is 0 Å². The number of aliphatic hydroxyl groups is 1. The average Bonchev–Trinajstić information content (AvgIpc) is 2.98. The fourth-order valence-corrected chi connectivity index (χ4v) is 1.97. The first-order valence-corrected chi connectivity index (χ1v) is 5.25. The minimum Gasteiger partial charge on any atom is -0.466 e. The van der Waals surface area contributed by atoms with Crippen LogP contribution in [0, 0.1) is 0 Å². The lowest BCUT2D eigenvalue weighted by Crippen LogP contribution is -1.99. The van der Waals surface area contributed by atoms with Gasteiger partial charge in [0.25, 0.3) is 0 Å². The summed E-state index contributed by atoms with van der Waals surface area (Å²) >= 11 is 0. The van der Waals surface area contributed by atoms with Gasteiger partial charge in [-0.2, -0.15) is 0 Å². The molecule has 0 saturated heterocycles. The predicted molar refractivity (Wildman–Crippen MR) is 57.7 cm³/mol. The van der Waals surface area contributed by atoms with E-state index in [1.807, 2.05) is 18.2 Å². The number of hydrogen-bond acceptors (Lipinski definition) is 3. The molecule has 3 nitrogen and oxygen atoms in total. The molecule has 1 unspecified atom stereocenters. The number of fused-ring (bicyclic) bond motifs is 1. The van der Waals surface area contributed by atoms with Crippen LogP contribution < -0.4 is 0 Å². The van der Waals surface area contributed by atoms with E-state index in [0.717, 1.165) is 11.1 Å². The van der Waals surface area contributed by atoms with Crippen molar-refractivity contribution < 1.29 is 14.3 Å². The monoisotopic (exact) mass is 216 g/mol. The summed E-state index contributed by atoms with van der Waals surface area (Å²) in [5, 5.41) is 10.1. The van der Waals surface area contributed by atoms with Gasteiger partial charge in [-0.05, 0) is 28.8 Å². The maximum absolute atomic E-state index is 10.1. The Morgan fingerprint density at radius 3 is 2.81 bits per heavy atom. The van der Waals surface area contributed by atoms with E-state index >= 15 is 0 Å². The van der Waals surface area contributed by atoms with Crippen LogP contribution in [-0.2, 0) is 18.0 Å². The van der Waals surface area contributed by atoms with Crippen molar-refractivity contribution in [1.82, 2.24) is 0 Å². The first-order chi connectivity index (χ1) is 7.84. The third-order valence-electron chi connectivity index (χ3n) is 2.87. The van der Waals surface area contributed by atoms with Crippen molar-refractivity contribution >= 4 is 0 Å². The molecule has 0 saturated carbocycles. The van der Waals surface area contributed by atoms with E-state index in [2.05, 4.69) is 0 Å². The third kappa shape index (κ3) is 1.54. The molecule has 0 spiro atoms. The SMILES string of the molecule is OC(c1ccc2c(c1)COC2)c1ccco1. The summed E-state index contributed by atoms with van der Waals surface area (Å²) in [7, 11) is 0. The summed E-state index contributed by atoms with van der Waals surface area (Å²) < 4.78 is 10.5. The van der Waals surface area contributed by atoms with Gasteiger partial charge in [-0.15, -0.1) is 0 Å². The van der Waals surface area contributed by atoms with E-state index in [-0.39, 0.29) is 0 Å². The second-order valence-corrected chi connectivity index (χ2v) is 3.94. The second kappa shape index (κ2) is 3.77. The van der Waals surface area contributed by atoms with Crippen LogP contribution in [0.5, 0.6) is 0 Å². The summed E-state index contributed by atoms with van der Waals surface area (Å²) in [4.78, 5) is 0. The van der Waals surface area contributed by atoms with Crippen LogP contribution in [0.3, 0.4) is 0 Å². The number of rotatable bonds is 2. The Morgan fingerprint density at radius 2 is 2.00 bits per heavy atom. The lowest BCUT2D eigenvalue weighted by Gasteiger charge is -2.09. The highest BCUT2D eigenvalue weighted by Gasteiger charge is 2.17. The number of ether oxygens (including phenoxy) is 1. The standard InChI is InChI=1S/C13H12O3/c14-13(12-2-1-5-16-12)9-3-4-10-7-15-8-11(10)6-9/h1-6,13-14H,7-8H2. The Bertz CT molecular complexity index is 488. The minimum absolute atomic E-state index is 0.568. The Kier molecular flexibility index (Phi) is 2.27. The number of benzene rings is 1. The summed E-state index contributed by atoms with van der Waals surface area (Å²) in [6.07, 6.45) is 0.871. The number of furan rings is 1. The maximum Gasteiger partial charge on any atom is 0.137 e. The molecule has 1 aromatic heterocycles. The average molecular weight is 216 g/mol. The van der Waals surface area contributed by atoms with Crippen LogP contribution in [0.25, 0.3) is 0 Å². The van der Waals surface area contributed by atoms with E-state index in [9.17, 15) is 5.11 Å². The quantitative estimate of drug-likeness (QED) is 0.838. The molecule has 16 heavy (non-hydrogen) atoms. The number of aliphatic hydroxyl groups excluding tert-OH is 1. The van der Waals surface area contributed by atoms with Crippen molar-refractivity contribution in [3.63, 3.8) is 0 Å². The molecule has 82 valence electrons. The highest BCUT2D eigenvalue weighted by atomic mass is 16.5. The molecule has 0 radical (unpaired) electrons. The van der Waals surface area contributed by atoms with Gasteiger partial charge < -0.3 is 14.3 Å². The Balaban J connectivity index is 1.95. The highest BCUT2D eigenvalue weighted by Crippen LogP contribution is 2.27. The molecule has 1 N–H and O–H groups in total. The van der Waals surface area contributed by atoms with Gasteiger partial charge in [0.05, 0.1) is 19.5 Å². The van der Waals surface area contributed by atoms with E-state index in [1.54, 1.807) is 18.4 Å². The zero-order valence-corrected chi connectivity index (χ0v) is 8.72. The topological polar surface area (TPSA) is 42.6 Å². The normalized spacial score (nSPS) is 16.1. The third-order valence-corrected chi connectivity index (χ3v) is 2.87. The molecule has 1 aliphatic rings. The smallest absolute Gasteiger partial charge is 0.137 e. The van der Waals surface area contributed by atoms with Crippen molar-refractivity contribution in [1.29, 1.82) is 0 Å². The van der Waals surface area contributed by atoms with Gasteiger partial charge in [-0.1, -0.05) is 18.2 Å². The van der Waals surface area contributed by atoms with Gasteiger partial charge >= 0.3 is 0 Å². The first-order valence-electron chi connectivity index (χ1n) is 5.25. The second-order valence-electron chi connectivity index (χ2n) is 3.94. The molecule has 2 heterocycles. The Hall–Kier alpha value is -1.58. The van der Waals surface area contributed by atoms with Crippen LogP contribution in [0.2, 0.25) is 0 Å². The molecule has 0 bridgehead atoms. The lowest BCUT2D eigenvalue weighted by molar-refractivity contribution is 0.134. The molecular formula is C13H12O3. The summed E-state index contributed by atoms with van der Waals surface area (Å²) in [5.41, 5.74) is 3.21. The van der Waals surface area contributed by atoms with Crippen molar-refractivity contribution in [2.45, 2.75) is 19.3 Å². The highest BCUT2D eigenvalue weighted by molar-refractivity contribution is 5.36. The van der Waals surface area contributed by atoms with Gasteiger partial charge in [-0.3, -0.25) is 0 Å². The van der Waals surface area contributed by atoms with Gasteiger partial charge in [-0.25, -0.2) is 0 Å². The van der Waals surface area contributed by atoms with Crippen molar-refractivity contribution in [2.75, 3.05) is 0 Å². The van der Waals surface area contributed by atoms with Crippen molar-refractivity contribution in [2.24, 2.45) is 0 Å². The van der Waals surface area contributed by atoms with E-state index in [1.165, 1.54) is 5.56 Å².